The lowest BCUT2D eigenvalue weighted by Crippen LogP contribution is -2.41. The number of unbranched alkanes of at least 4 members (excludes halogenated alkanes) is 2. The second-order valence-corrected chi connectivity index (χ2v) is 16.3. The highest BCUT2D eigenvalue weighted by Gasteiger charge is 2.24. The van der Waals surface area contributed by atoms with Crippen molar-refractivity contribution in [3.05, 3.63) is 76.0 Å². The lowest BCUT2D eigenvalue weighted by Gasteiger charge is -2.29. The van der Waals surface area contributed by atoms with Crippen molar-refractivity contribution >= 4 is 60.8 Å². The fraction of sp³-hybridized carbons (Fsp3) is 0.425. The summed E-state index contributed by atoms with van der Waals surface area (Å²) in [6.45, 7) is 5.36. The van der Waals surface area contributed by atoms with Crippen LogP contribution in [-0.4, -0.2) is 113 Å². The molecule has 55 heavy (non-hydrogen) atoms. The number of ether oxygens (including phenoxy) is 1. The number of halogens is 1. The van der Waals surface area contributed by atoms with Gasteiger partial charge in [0.25, 0.3) is 0 Å². The first-order valence-corrected chi connectivity index (χ1v) is 20.0. The Morgan fingerprint density at radius 2 is 1.80 bits per heavy atom. The zero-order valence-corrected chi connectivity index (χ0v) is 33.8. The molecule has 0 spiro atoms. The molecule has 0 radical (unpaired) electrons. The van der Waals surface area contributed by atoms with E-state index < -0.39 is 11.8 Å². The van der Waals surface area contributed by atoms with Gasteiger partial charge in [-0.15, -0.1) is 21.5 Å². The number of fused-ring (bicyclic) bond motifs is 1. The van der Waals surface area contributed by atoms with E-state index >= 15 is 0 Å². The van der Waals surface area contributed by atoms with E-state index in [2.05, 4.69) is 51.4 Å². The quantitative estimate of drug-likeness (QED) is 0.0422. The van der Waals surface area contributed by atoms with Gasteiger partial charge in [0.2, 0.25) is 0 Å². The molecule has 0 saturated heterocycles. The van der Waals surface area contributed by atoms with Crippen LogP contribution in [0, 0.1) is 24.6 Å². The summed E-state index contributed by atoms with van der Waals surface area (Å²) in [5, 5.41) is 33.1. The Balaban J connectivity index is 1.29. The number of carbonyl (C=O) groups is 1. The lowest BCUT2D eigenvalue weighted by molar-refractivity contribution is -0.890. The van der Waals surface area contributed by atoms with Crippen molar-refractivity contribution in [3.63, 3.8) is 0 Å². The van der Waals surface area contributed by atoms with E-state index in [1.54, 1.807) is 12.1 Å². The highest BCUT2D eigenvalue weighted by Crippen LogP contribution is 2.34. The third-order valence-corrected chi connectivity index (χ3v) is 10.9. The molecule has 0 aliphatic rings. The van der Waals surface area contributed by atoms with Crippen LogP contribution in [0.4, 0.5) is 26.3 Å². The van der Waals surface area contributed by atoms with Crippen LogP contribution in [0.2, 0.25) is 0 Å². The summed E-state index contributed by atoms with van der Waals surface area (Å²) in [7, 11) is 8.19. The molecule has 0 fully saturated rings. The van der Waals surface area contributed by atoms with Gasteiger partial charge < -0.3 is 29.6 Å². The average Bonchev–Trinajstić information content (AvgIpc) is 3.76. The van der Waals surface area contributed by atoms with E-state index in [1.807, 2.05) is 61.2 Å². The van der Waals surface area contributed by atoms with E-state index in [-0.39, 0.29) is 24.7 Å². The van der Waals surface area contributed by atoms with Gasteiger partial charge >= 0.3 is 5.97 Å². The minimum atomic E-state index is -1.11. The number of benzene rings is 2. The summed E-state index contributed by atoms with van der Waals surface area (Å²) in [5.41, 5.74) is 2.31. The monoisotopic (exact) mass is 789 g/mol. The molecule has 15 heteroatoms. The predicted octanol–water partition coefficient (Wildman–Crippen LogP) is 7.12. The standard InChI is InChI=1S/C40H49FN8O4S2/c1-28-26-35(45-46-37(28)44-39-42-31-15-7-8-16-33(31)54-39)48(21-9-6-10-22-49(4,5)23-13-24-50)40-43-36(38(51)52)34(55-40)17-12-25-53-32-19-18-29(27-30(32)41)14-11-20-47(2)3/h7-8,15-16,18-19,26-27,50H,6,9-10,12-13,17,20-25H2,1-5H3,(H-,42,44,46,51,52)/p+1. The molecule has 12 nitrogen and oxygen atoms in total. The van der Waals surface area contributed by atoms with Crippen molar-refractivity contribution in [1.82, 2.24) is 25.1 Å². The van der Waals surface area contributed by atoms with Gasteiger partial charge in [0.15, 0.2) is 39.2 Å². The molecule has 2 aromatic carbocycles. The Hall–Kier alpha value is -4.72. The van der Waals surface area contributed by atoms with Crippen LogP contribution in [0.15, 0.2) is 48.5 Å². The van der Waals surface area contributed by atoms with Gasteiger partial charge in [-0.1, -0.05) is 35.3 Å². The molecule has 5 aromatic rings. The molecular formula is C40H50FN8O4S2+. The summed E-state index contributed by atoms with van der Waals surface area (Å²) in [6.07, 6.45) is 4.38. The second kappa shape index (κ2) is 19.7. The second-order valence-electron chi connectivity index (χ2n) is 14.2. The van der Waals surface area contributed by atoms with Gasteiger partial charge in [0, 0.05) is 30.0 Å². The van der Waals surface area contributed by atoms with Gasteiger partial charge in [0.1, 0.15) is 0 Å². The number of aromatic nitrogens is 4. The van der Waals surface area contributed by atoms with Crippen LogP contribution in [0.3, 0.4) is 0 Å². The largest absolute Gasteiger partial charge is 0.491 e. The van der Waals surface area contributed by atoms with Crippen LogP contribution in [0.1, 0.15) is 58.6 Å². The van der Waals surface area contributed by atoms with Crippen LogP contribution in [-0.2, 0) is 6.42 Å². The number of quaternary nitrogens is 1. The highest BCUT2D eigenvalue weighted by molar-refractivity contribution is 7.22. The Morgan fingerprint density at radius 3 is 2.53 bits per heavy atom. The van der Waals surface area contributed by atoms with Crippen molar-refractivity contribution in [2.24, 2.45) is 0 Å². The molecule has 0 atom stereocenters. The molecule has 0 aliphatic heterocycles. The number of aliphatic hydroxyl groups excluding tert-OH is 1. The highest BCUT2D eigenvalue weighted by atomic mass is 32.1. The van der Waals surface area contributed by atoms with Gasteiger partial charge in [-0.3, -0.25) is 4.90 Å². The molecular weight excluding hydrogens is 740 g/mol. The first-order valence-electron chi connectivity index (χ1n) is 18.4. The van der Waals surface area contributed by atoms with Crippen LogP contribution in [0.5, 0.6) is 5.75 Å². The minimum Gasteiger partial charge on any atom is -0.491 e. The van der Waals surface area contributed by atoms with Crippen molar-refractivity contribution in [2.45, 2.75) is 45.4 Å². The van der Waals surface area contributed by atoms with Crippen LogP contribution in [0.25, 0.3) is 10.2 Å². The molecule has 0 aliphatic carbocycles. The Bertz CT molecular complexity index is 2080. The predicted molar refractivity (Wildman–Crippen MR) is 219 cm³/mol. The van der Waals surface area contributed by atoms with Crippen molar-refractivity contribution < 1.29 is 28.6 Å². The lowest BCUT2D eigenvalue weighted by atomic mass is 10.2. The number of rotatable bonds is 20. The van der Waals surface area contributed by atoms with Crippen LogP contribution < -0.4 is 15.0 Å². The first kappa shape index (κ1) is 41.4. The minimum absolute atomic E-state index is 0.0152. The summed E-state index contributed by atoms with van der Waals surface area (Å²) < 4.78 is 22.4. The van der Waals surface area contributed by atoms with E-state index in [0.717, 1.165) is 59.0 Å². The zero-order chi connectivity index (χ0) is 39.4. The molecule has 0 saturated carbocycles. The topological polar surface area (TPSA) is 137 Å². The molecule has 0 unspecified atom stereocenters. The summed E-state index contributed by atoms with van der Waals surface area (Å²) in [4.78, 5) is 26.2. The molecule has 3 heterocycles. The summed E-state index contributed by atoms with van der Waals surface area (Å²) in [5.74, 6) is 5.60. The summed E-state index contributed by atoms with van der Waals surface area (Å²) in [6, 6.07) is 14.5. The Morgan fingerprint density at radius 1 is 1.00 bits per heavy atom. The number of aliphatic hydroxyl groups is 1. The van der Waals surface area contributed by atoms with Gasteiger partial charge in [0.05, 0.1) is 50.6 Å². The van der Waals surface area contributed by atoms with Crippen molar-refractivity contribution in [2.75, 3.05) is 77.8 Å². The first-order chi connectivity index (χ1) is 26.4. The average molecular weight is 790 g/mol. The van der Waals surface area contributed by atoms with E-state index in [4.69, 9.17) is 4.74 Å². The molecule has 0 bridgehead atoms. The number of hydrogen-bond donors (Lipinski definition) is 3. The molecule has 3 aromatic heterocycles. The fourth-order valence-electron chi connectivity index (χ4n) is 5.86. The maximum Gasteiger partial charge on any atom is 0.355 e. The number of carboxylic acid groups (broad SMARTS) is 1. The maximum absolute atomic E-state index is 14.8. The fourth-order valence-corrected chi connectivity index (χ4v) is 7.85. The molecule has 292 valence electrons. The van der Waals surface area contributed by atoms with E-state index in [0.29, 0.717) is 58.3 Å². The molecule has 3 N–H and O–H groups in total. The Labute approximate surface area is 330 Å². The normalized spacial score (nSPS) is 11.5. The van der Waals surface area contributed by atoms with Gasteiger partial charge in [-0.25, -0.2) is 19.2 Å². The number of thiazole rings is 2. The number of carboxylic acids is 1. The number of nitrogens with one attached hydrogen (secondary N) is 1. The number of hydrogen-bond acceptors (Lipinski definition) is 12. The van der Waals surface area contributed by atoms with Crippen molar-refractivity contribution in [3.8, 4) is 17.6 Å². The number of aromatic carboxylic acids is 1. The smallest absolute Gasteiger partial charge is 0.355 e. The number of para-hydroxylation sites is 1. The third-order valence-electron chi connectivity index (χ3n) is 8.82. The number of aryl methyl sites for hydroxylation is 2. The van der Waals surface area contributed by atoms with E-state index in [1.165, 1.54) is 28.7 Å². The van der Waals surface area contributed by atoms with Crippen LogP contribution >= 0.6 is 22.7 Å². The number of anilines is 4. The number of nitrogens with zero attached hydrogens (tertiary/aromatic N) is 7. The molecule has 5 rings (SSSR count). The SMILES string of the molecule is Cc1cc(N(CCCCC[N+](C)(C)CCCO)c2nc(C(=O)O)c(CCCOc3ccc(C#CCN(C)C)cc3F)s2)nnc1Nc1nc2ccccc2s1. The Kier molecular flexibility index (Phi) is 14.9. The molecule has 0 amide bonds. The third kappa shape index (κ3) is 12.1. The maximum atomic E-state index is 14.8. The van der Waals surface area contributed by atoms with Crippen molar-refractivity contribution in [1.29, 1.82) is 0 Å². The van der Waals surface area contributed by atoms with Gasteiger partial charge in [-0.05, 0) is 95.1 Å². The van der Waals surface area contributed by atoms with E-state index in [9.17, 15) is 19.4 Å². The van der Waals surface area contributed by atoms with Gasteiger partial charge in [-0.2, -0.15) is 0 Å². The zero-order valence-electron chi connectivity index (χ0n) is 32.1. The summed E-state index contributed by atoms with van der Waals surface area (Å²) >= 11 is 2.85.